The monoisotopic (exact) mass is 390 g/mol. The third-order valence-electron chi connectivity index (χ3n) is 3.76. The lowest BCUT2D eigenvalue weighted by Gasteiger charge is -2.19. The number of carbonyl (C=O) groups excluding carboxylic acids is 1. The Balaban J connectivity index is 1.54. The Hall–Kier alpha value is -2.21. The Labute approximate surface area is 149 Å². The fraction of sp³-hybridized carbons (Fsp3) is 0.278. The molecule has 1 aliphatic rings. The second-order valence-electron chi connectivity index (χ2n) is 5.58. The van der Waals surface area contributed by atoms with E-state index >= 15 is 0 Å². The summed E-state index contributed by atoms with van der Waals surface area (Å²) in [6.45, 7) is 3.49. The topological polar surface area (TPSA) is 59.6 Å². The zero-order chi connectivity index (χ0) is 16.9. The highest BCUT2D eigenvalue weighted by molar-refractivity contribution is 9.10. The van der Waals surface area contributed by atoms with E-state index in [-0.39, 0.29) is 12.1 Å². The summed E-state index contributed by atoms with van der Waals surface area (Å²) in [5.41, 5.74) is 2.00. The van der Waals surface area contributed by atoms with Gasteiger partial charge in [0.05, 0.1) is 6.04 Å². The molecule has 0 aliphatic carbocycles. The minimum absolute atomic E-state index is 0.0808. The second kappa shape index (κ2) is 7.57. The molecule has 0 fully saturated rings. The van der Waals surface area contributed by atoms with E-state index < -0.39 is 0 Å². The Kier molecular flexibility index (Phi) is 5.25. The molecule has 6 heteroatoms. The molecule has 0 bridgehead atoms. The number of amides is 2. The fourth-order valence-corrected chi connectivity index (χ4v) is 2.90. The van der Waals surface area contributed by atoms with Gasteiger partial charge in [-0.2, -0.15) is 0 Å². The summed E-state index contributed by atoms with van der Waals surface area (Å²) in [5.74, 6) is 1.47. The van der Waals surface area contributed by atoms with Crippen LogP contribution in [0, 0.1) is 0 Å². The van der Waals surface area contributed by atoms with E-state index in [9.17, 15) is 4.79 Å². The SMILES string of the molecule is CC(NC(=O)NCc1ccc2c(c1)OCCO2)c1cccc(Br)c1. The van der Waals surface area contributed by atoms with Crippen molar-refractivity contribution < 1.29 is 14.3 Å². The molecule has 2 amide bonds. The van der Waals surface area contributed by atoms with E-state index in [1.807, 2.05) is 49.4 Å². The first-order valence-electron chi connectivity index (χ1n) is 7.80. The van der Waals surface area contributed by atoms with Crippen LogP contribution in [0.2, 0.25) is 0 Å². The maximum Gasteiger partial charge on any atom is 0.315 e. The van der Waals surface area contributed by atoms with E-state index in [1.165, 1.54) is 0 Å². The standard InChI is InChI=1S/C18H19BrN2O3/c1-12(14-3-2-4-15(19)10-14)21-18(22)20-11-13-5-6-16-17(9-13)24-8-7-23-16/h2-6,9-10,12H,7-8,11H2,1H3,(H2,20,21,22). The lowest BCUT2D eigenvalue weighted by Crippen LogP contribution is -2.36. The number of carbonyl (C=O) groups is 1. The average Bonchev–Trinajstić information content (AvgIpc) is 2.59. The summed E-state index contributed by atoms with van der Waals surface area (Å²) in [6.07, 6.45) is 0. The van der Waals surface area contributed by atoms with Crippen LogP contribution in [0.3, 0.4) is 0 Å². The summed E-state index contributed by atoms with van der Waals surface area (Å²) in [5, 5.41) is 5.79. The predicted octanol–water partition coefficient (Wildman–Crippen LogP) is 3.78. The van der Waals surface area contributed by atoms with Gasteiger partial charge >= 0.3 is 6.03 Å². The fourth-order valence-electron chi connectivity index (χ4n) is 2.49. The Morgan fingerprint density at radius 3 is 2.75 bits per heavy atom. The highest BCUT2D eigenvalue weighted by Crippen LogP contribution is 2.30. The van der Waals surface area contributed by atoms with Crippen LogP contribution in [0.4, 0.5) is 4.79 Å². The maximum atomic E-state index is 12.1. The molecule has 1 atom stereocenters. The number of rotatable bonds is 4. The summed E-state index contributed by atoms with van der Waals surface area (Å²) < 4.78 is 12.0. The smallest absolute Gasteiger partial charge is 0.315 e. The van der Waals surface area contributed by atoms with Gasteiger partial charge in [0.25, 0.3) is 0 Å². The van der Waals surface area contributed by atoms with E-state index in [0.29, 0.717) is 19.8 Å². The number of halogens is 1. The van der Waals surface area contributed by atoms with Gasteiger partial charge in [0.1, 0.15) is 13.2 Å². The number of fused-ring (bicyclic) bond motifs is 1. The number of benzene rings is 2. The second-order valence-corrected chi connectivity index (χ2v) is 6.50. The molecule has 0 saturated heterocycles. The minimum atomic E-state index is -0.211. The molecule has 3 rings (SSSR count). The number of ether oxygens (including phenoxy) is 2. The van der Waals surface area contributed by atoms with Crippen molar-refractivity contribution in [3.05, 3.63) is 58.1 Å². The Morgan fingerprint density at radius 2 is 1.96 bits per heavy atom. The van der Waals surface area contributed by atoms with Crippen LogP contribution in [0.15, 0.2) is 46.9 Å². The van der Waals surface area contributed by atoms with Crippen LogP contribution in [-0.4, -0.2) is 19.2 Å². The molecular weight excluding hydrogens is 372 g/mol. The number of hydrogen-bond acceptors (Lipinski definition) is 3. The Bertz CT molecular complexity index is 736. The summed E-state index contributed by atoms with van der Waals surface area (Å²) in [7, 11) is 0. The highest BCUT2D eigenvalue weighted by Gasteiger charge is 2.13. The molecule has 0 aromatic heterocycles. The van der Waals surface area contributed by atoms with Crippen molar-refractivity contribution >= 4 is 22.0 Å². The molecule has 1 aliphatic heterocycles. The van der Waals surface area contributed by atoms with Gasteiger partial charge in [-0.05, 0) is 42.3 Å². The predicted molar refractivity (Wildman–Crippen MR) is 95.4 cm³/mol. The van der Waals surface area contributed by atoms with E-state index in [2.05, 4.69) is 26.6 Å². The van der Waals surface area contributed by atoms with Gasteiger partial charge in [-0.15, -0.1) is 0 Å². The van der Waals surface area contributed by atoms with E-state index in [0.717, 1.165) is 27.1 Å². The molecular formula is C18H19BrN2O3. The van der Waals surface area contributed by atoms with Crippen LogP contribution >= 0.6 is 15.9 Å². The van der Waals surface area contributed by atoms with Crippen molar-refractivity contribution in [2.24, 2.45) is 0 Å². The van der Waals surface area contributed by atoms with Crippen molar-refractivity contribution in [1.29, 1.82) is 0 Å². The van der Waals surface area contributed by atoms with Crippen molar-refractivity contribution in [2.75, 3.05) is 13.2 Å². The molecule has 2 aromatic carbocycles. The molecule has 0 spiro atoms. The van der Waals surface area contributed by atoms with Gasteiger partial charge in [0.15, 0.2) is 11.5 Å². The molecule has 1 heterocycles. The van der Waals surface area contributed by atoms with Crippen LogP contribution in [-0.2, 0) is 6.54 Å². The molecule has 126 valence electrons. The van der Waals surface area contributed by atoms with Gasteiger partial charge in [0, 0.05) is 11.0 Å². The van der Waals surface area contributed by atoms with Crippen LogP contribution < -0.4 is 20.1 Å². The zero-order valence-electron chi connectivity index (χ0n) is 13.3. The third kappa shape index (κ3) is 4.20. The van der Waals surface area contributed by atoms with Crippen LogP contribution in [0.5, 0.6) is 11.5 Å². The molecule has 24 heavy (non-hydrogen) atoms. The maximum absolute atomic E-state index is 12.1. The van der Waals surface area contributed by atoms with Crippen molar-refractivity contribution in [3.63, 3.8) is 0 Å². The molecule has 5 nitrogen and oxygen atoms in total. The minimum Gasteiger partial charge on any atom is -0.486 e. The first kappa shape index (κ1) is 16.6. The first-order valence-corrected chi connectivity index (χ1v) is 8.59. The lowest BCUT2D eigenvalue weighted by atomic mass is 10.1. The molecule has 1 unspecified atom stereocenters. The van der Waals surface area contributed by atoms with Crippen molar-refractivity contribution in [1.82, 2.24) is 10.6 Å². The van der Waals surface area contributed by atoms with Crippen molar-refractivity contribution in [2.45, 2.75) is 19.5 Å². The number of hydrogen-bond donors (Lipinski definition) is 2. The highest BCUT2D eigenvalue weighted by atomic mass is 79.9. The molecule has 2 N–H and O–H groups in total. The normalized spacial score (nSPS) is 13.9. The van der Waals surface area contributed by atoms with Gasteiger partial charge in [-0.3, -0.25) is 0 Å². The van der Waals surface area contributed by atoms with E-state index in [1.54, 1.807) is 0 Å². The first-order chi connectivity index (χ1) is 11.6. The zero-order valence-corrected chi connectivity index (χ0v) is 14.9. The van der Waals surface area contributed by atoms with Crippen LogP contribution in [0.1, 0.15) is 24.1 Å². The lowest BCUT2D eigenvalue weighted by molar-refractivity contribution is 0.171. The van der Waals surface area contributed by atoms with Crippen LogP contribution in [0.25, 0.3) is 0 Å². The summed E-state index contributed by atoms with van der Waals surface area (Å²) in [4.78, 5) is 12.1. The molecule has 0 radical (unpaired) electrons. The van der Waals surface area contributed by atoms with Gasteiger partial charge in [0.2, 0.25) is 0 Å². The van der Waals surface area contributed by atoms with Gasteiger partial charge < -0.3 is 20.1 Å². The summed E-state index contributed by atoms with van der Waals surface area (Å²) in [6, 6.07) is 13.3. The van der Waals surface area contributed by atoms with E-state index in [4.69, 9.17) is 9.47 Å². The van der Waals surface area contributed by atoms with Crippen molar-refractivity contribution in [3.8, 4) is 11.5 Å². The quantitative estimate of drug-likeness (QED) is 0.834. The number of nitrogens with one attached hydrogen (secondary N) is 2. The largest absolute Gasteiger partial charge is 0.486 e. The van der Waals surface area contributed by atoms with Gasteiger partial charge in [-0.1, -0.05) is 34.1 Å². The third-order valence-corrected chi connectivity index (χ3v) is 4.25. The van der Waals surface area contributed by atoms with Gasteiger partial charge in [-0.25, -0.2) is 4.79 Å². The average molecular weight is 391 g/mol. The molecule has 2 aromatic rings. The Morgan fingerprint density at radius 1 is 1.17 bits per heavy atom. The summed E-state index contributed by atoms with van der Waals surface area (Å²) >= 11 is 3.44. The number of urea groups is 1. The molecule has 0 saturated carbocycles.